The van der Waals surface area contributed by atoms with E-state index in [0.29, 0.717) is 24.1 Å². The summed E-state index contributed by atoms with van der Waals surface area (Å²) >= 11 is 0. The SMILES string of the molecule is CC/C=C\C/C=C\C/C=C\C/C=C\CCCCCCCCCCCOCC(COP(=O)(O)OCC[N+](C)(C)C)OC(=O)CCCCCCCCCCCCCCCCCCCCCCCCC. The van der Waals surface area contributed by atoms with Gasteiger partial charge in [0.25, 0.3) is 0 Å². The zero-order valence-electron chi connectivity index (χ0n) is 44.9. The molecular formula is C58H111NO7P+. The number of quaternary nitrogens is 1. The summed E-state index contributed by atoms with van der Waals surface area (Å²) in [7, 11) is 1.67. The van der Waals surface area contributed by atoms with Crippen molar-refractivity contribution in [2.75, 3.05) is 54.1 Å². The Bertz CT molecular complexity index is 1210. The minimum Gasteiger partial charge on any atom is -0.457 e. The number of esters is 1. The van der Waals surface area contributed by atoms with Crippen LogP contribution in [0, 0.1) is 0 Å². The fourth-order valence-electron chi connectivity index (χ4n) is 8.08. The molecule has 394 valence electrons. The molecule has 67 heavy (non-hydrogen) atoms. The van der Waals surface area contributed by atoms with Gasteiger partial charge in [0.05, 0.1) is 34.4 Å². The van der Waals surface area contributed by atoms with Gasteiger partial charge in [0.15, 0.2) is 0 Å². The maximum Gasteiger partial charge on any atom is 0.472 e. The van der Waals surface area contributed by atoms with Crippen LogP contribution in [0.15, 0.2) is 48.6 Å². The van der Waals surface area contributed by atoms with E-state index in [9.17, 15) is 14.3 Å². The van der Waals surface area contributed by atoms with Gasteiger partial charge in [0.1, 0.15) is 19.3 Å². The Labute approximate surface area is 416 Å². The number of phosphoric ester groups is 1. The van der Waals surface area contributed by atoms with Crippen LogP contribution < -0.4 is 0 Å². The van der Waals surface area contributed by atoms with Crippen LogP contribution in [0.4, 0.5) is 0 Å². The Kier molecular flexibility index (Phi) is 49.7. The molecule has 0 rings (SSSR count). The molecule has 8 nitrogen and oxygen atoms in total. The van der Waals surface area contributed by atoms with E-state index in [4.69, 9.17) is 18.5 Å². The molecule has 0 aliphatic heterocycles. The third-order valence-corrected chi connectivity index (χ3v) is 13.4. The first-order valence-electron chi connectivity index (χ1n) is 28.4. The highest BCUT2D eigenvalue weighted by Crippen LogP contribution is 2.43. The van der Waals surface area contributed by atoms with Gasteiger partial charge in [-0.25, -0.2) is 4.57 Å². The Balaban J connectivity index is 4.07. The van der Waals surface area contributed by atoms with Gasteiger partial charge in [0, 0.05) is 13.0 Å². The second kappa shape index (κ2) is 50.8. The lowest BCUT2D eigenvalue weighted by atomic mass is 10.0. The van der Waals surface area contributed by atoms with Crippen molar-refractivity contribution in [1.82, 2.24) is 0 Å². The Hall–Kier alpha value is -1.54. The number of hydrogen-bond donors (Lipinski definition) is 1. The summed E-state index contributed by atoms with van der Waals surface area (Å²) in [5, 5.41) is 0. The summed E-state index contributed by atoms with van der Waals surface area (Å²) in [6.45, 7) is 5.54. The number of ether oxygens (including phenoxy) is 2. The standard InChI is InChI=1S/C58H110NO7P/c1-6-8-10-12-14-16-18-20-22-24-26-28-30-31-33-35-37-39-41-43-45-47-49-51-58(60)66-57(56-65-67(61,62)64-54-52-59(3,4)5)55-63-53-50-48-46-44-42-40-38-36-34-32-29-27-25-23-21-19-17-15-13-11-9-7-2/h9,11,15,17,21,23,27,29,57H,6-8,10,12-14,16,18-20,22,24-26,28,30-56H2,1-5H3/p+1/b11-9-,17-15-,23-21-,29-27-. The van der Waals surface area contributed by atoms with Gasteiger partial charge in [-0.1, -0.05) is 249 Å². The highest BCUT2D eigenvalue weighted by atomic mass is 31.2. The Morgan fingerprint density at radius 3 is 1.30 bits per heavy atom. The van der Waals surface area contributed by atoms with Gasteiger partial charge >= 0.3 is 13.8 Å². The predicted molar refractivity (Wildman–Crippen MR) is 289 cm³/mol. The van der Waals surface area contributed by atoms with E-state index in [1.807, 2.05) is 21.1 Å². The molecular weight excluding hydrogens is 854 g/mol. The molecule has 0 spiro atoms. The monoisotopic (exact) mass is 965 g/mol. The van der Waals surface area contributed by atoms with E-state index in [1.54, 1.807) is 0 Å². The molecule has 0 saturated carbocycles. The lowest BCUT2D eigenvalue weighted by Crippen LogP contribution is -2.37. The predicted octanol–water partition coefficient (Wildman–Crippen LogP) is 17.8. The molecule has 0 radical (unpaired) electrons. The van der Waals surface area contributed by atoms with E-state index < -0.39 is 13.9 Å². The highest BCUT2D eigenvalue weighted by Gasteiger charge is 2.26. The largest absolute Gasteiger partial charge is 0.472 e. The quantitative estimate of drug-likeness (QED) is 0.0213. The molecule has 2 atom stereocenters. The summed E-state index contributed by atoms with van der Waals surface area (Å²) in [5.74, 6) is -0.311. The molecule has 0 aromatic heterocycles. The van der Waals surface area contributed by atoms with Gasteiger partial charge < -0.3 is 18.9 Å². The van der Waals surface area contributed by atoms with Crippen molar-refractivity contribution in [3.05, 3.63) is 48.6 Å². The molecule has 0 aromatic carbocycles. The van der Waals surface area contributed by atoms with Crippen LogP contribution in [0.2, 0.25) is 0 Å². The average Bonchev–Trinajstić information content (AvgIpc) is 3.29. The fourth-order valence-corrected chi connectivity index (χ4v) is 8.82. The molecule has 1 N–H and O–H groups in total. The number of nitrogens with zero attached hydrogens (tertiary/aromatic N) is 1. The topological polar surface area (TPSA) is 91.3 Å². The zero-order chi connectivity index (χ0) is 49.0. The molecule has 0 bridgehead atoms. The van der Waals surface area contributed by atoms with Gasteiger partial charge in [-0.3, -0.25) is 13.8 Å². The Morgan fingerprint density at radius 1 is 0.478 bits per heavy atom. The third-order valence-electron chi connectivity index (χ3n) is 12.4. The van der Waals surface area contributed by atoms with Gasteiger partial charge in [-0.2, -0.15) is 0 Å². The number of carbonyl (C=O) groups is 1. The van der Waals surface area contributed by atoms with Gasteiger partial charge in [-0.05, 0) is 51.4 Å². The molecule has 0 heterocycles. The van der Waals surface area contributed by atoms with Crippen molar-refractivity contribution in [2.24, 2.45) is 0 Å². The molecule has 0 aliphatic rings. The third kappa shape index (κ3) is 55.3. The van der Waals surface area contributed by atoms with Crippen LogP contribution in [0.25, 0.3) is 0 Å². The van der Waals surface area contributed by atoms with Crippen LogP contribution in [0.5, 0.6) is 0 Å². The summed E-state index contributed by atoms with van der Waals surface area (Å²) in [6, 6.07) is 0. The van der Waals surface area contributed by atoms with Crippen LogP contribution in [-0.2, 0) is 27.9 Å². The van der Waals surface area contributed by atoms with Crippen LogP contribution in [0.1, 0.15) is 258 Å². The molecule has 0 aromatic rings. The first-order chi connectivity index (χ1) is 32.6. The second-order valence-electron chi connectivity index (χ2n) is 20.3. The normalized spacial score (nSPS) is 13.8. The van der Waals surface area contributed by atoms with Crippen molar-refractivity contribution < 1.29 is 37.3 Å². The smallest absolute Gasteiger partial charge is 0.457 e. The molecule has 2 unspecified atom stereocenters. The minimum atomic E-state index is -4.29. The van der Waals surface area contributed by atoms with Crippen LogP contribution in [-0.4, -0.2) is 75.6 Å². The molecule has 0 aliphatic carbocycles. The molecule has 0 amide bonds. The number of hydrogen-bond acceptors (Lipinski definition) is 6. The van der Waals surface area contributed by atoms with E-state index in [0.717, 1.165) is 57.8 Å². The first kappa shape index (κ1) is 65.5. The van der Waals surface area contributed by atoms with Crippen LogP contribution in [0.3, 0.4) is 0 Å². The number of likely N-dealkylation sites (N-methyl/N-ethyl adjacent to an activating group) is 1. The van der Waals surface area contributed by atoms with Crippen molar-refractivity contribution in [3.8, 4) is 0 Å². The highest BCUT2D eigenvalue weighted by molar-refractivity contribution is 7.47. The molecule has 0 saturated heterocycles. The van der Waals surface area contributed by atoms with E-state index in [1.165, 1.54) is 180 Å². The average molecular weight is 965 g/mol. The van der Waals surface area contributed by atoms with Crippen molar-refractivity contribution in [2.45, 2.75) is 264 Å². The van der Waals surface area contributed by atoms with Crippen molar-refractivity contribution in [3.63, 3.8) is 0 Å². The summed E-state index contributed by atoms with van der Waals surface area (Å²) in [4.78, 5) is 23.1. The number of carbonyl (C=O) groups excluding carboxylic acids is 1. The molecule has 0 fully saturated rings. The lowest BCUT2D eigenvalue weighted by Gasteiger charge is -2.24. The number of allylic oxidation sites excluding steroid dienone is 8. The zero-order valence-corrected chi connectivity index (χ0v) is 45.8. The van der Waals surface area contributed by atoms with E-state index in [2.05, 4.69) is 62.5 Å². The van der Waals surface area contributed by atoms with Crippen molar-refractivity contribution in [1.29, 1.82) is 0 Å². The lowest BCUT2D eigenvalue weighted by molar-refractivity contribution is -0.870. The Morgan fingerprint density at radius 2 is 0.866 bits per heavy atom. The van der Waals surface area contributed by atoms with Gasteiger partial charge in [-0.15, -0.1) is 0 Å². The van der Waals surface area contributed by atoms with E-state index >= 15 is 0 Å². The number of phosphoric acid groups is 1. The van der Waals surface area contributed by atoms with Gasteiger partial charge in [0.2, 0.25) is 0 Å². The minimum absolute atomic E-state index is 0.0877. The molecule has 9 heteroatoms. The number of unbranched alkanes of at least 4 members (excludes halogenated alkanes) is 31. The maximum absolute atomic E-state index is 12.8. The maximum atomic E-state index is 12.8. The van der Waals surface area contributed by atoms with Crippen LogP contribution >= 0.6 is 7.82 Å². The summed E-state index contributed by atoms with van der Waals surface area (Å²) in [6.07, 6.45) is 64.6. The summed E-state index contributed by atoms with van der Waals surface area (Å²) < 4.78 is 35.3. The second-order valence-corrected chi connectivity index (χ2v) is 21.8. The fraction of sp³-hybridized carbons (Fsp3) is 0.845. The summed E-state index contributed by atoms with van der Waals surface area (Å²) in [5.41, 5.74) is 0. The number of rotatable bonds is 53. The first-order valence-corrected chi connectivity index (χ1v) is 29.9. The van der Waals surface area contributed by atoms with Crippen molar-refractivity contribution >= 4 is 13.8 Å². The van der Waals surface area contributed by atoms with E-state index in [-0.39, 0.29) is 25.8 Å².